The van der Waals surface area contributed by atoms with Crippen molar-refractivity contribution in [3.8, 4) is 11.3 Å². The average Bonchev–Trinajstić information content (AvgIpc) is 3.05. The number of nitrogens with zero attached hydrogens (tertiary/aromatic N) is 1. The Balaban J connectivity index is 1.63. The number of halogens is 2. The number of hydrogen-bond donors (Lipinski definition) is 1. The van der Waals surface area contributed by atoms with E-state index in [9.17, 15) is 13.6 Å². The fourth-order valence-electron chi connectivity index (χ4n) is 2.54. The summed E-state index contributed by atoms with van der Waals surface area (Å²) in [6.45, 7) is 3.97. The predicted molar refractivity (Wildman–Crippen MR) is 94.7 cm³/mol. The number of nitrogens with one attached hydrogen (secondary N) is 1. The number of carbonyl (C=O) groups is 1. The van der Waals surface area contributed by atoms with Crippen molar-refractivity contribution in [1.82, 2.24) is 4.98 Å². The molecule has 3 aromatic rings. The number of anilines is 1. The molecule has 26 heavy (non-hydrogen) atoms. The molecule has 6 heteroatoms. The zero-order valence-electron chi connectivity index (χ0n) is 14.5. The van der Waals surface area contributed by atoms with Crippen molar-refractivity contribution in [3.63, 3.8) is 0 Å². The van der Waals surface area contributed by atoms with Gasteiger partial charge in [0, 0.05) is 18.5 Å². The highest BCUT2D eigenvalue weighted by molar-refractivity contribution is 5.90. The smallest absolute Gasteiger partial charge is 0.224 e. The number of amides is 1. The van der Waals surface area contributed by atoms with Crippen LogP contribution in [0.1, 0.15) is 23.4 Å². The molecule has 0 saturated carbocycles. The molecule has 0 saturated heterocycles. The van der Waals surface area contributed by atoms with Gasteiger partial charge in [0.1, 0.15) is 11.6 Å². The molecule has 1 N–H and O–H groups in total. The van der Waals surface area contributed by atoms with E-state index in [4.69, 9.17) is 4.42 Å². The fraction of sp³-hybridized carbons (Fsp3) is 0.200. The van der Waals surface area contributed by atoms with E-state index in [-0.39, 0.29) is 36.0 Å². The molecule has 0 spiro atoms. The lowest BCUT2D eigenvalue weighted by Gasteiger charge is -2.07. The fourth-order valence-corrected chi connectivity index (χ4v) is 2.54. The first kappa shape index (κ1) is 17.8. The third kappa shape index (κ3) is 3.96. The van der Waals surface area contributed by atoms with Gasteiger partial charge in [-0.05, 0) is 49.2 Å². The van der Waals surface area contributed by atoms with E-state index in [0.717, 1.165) is 28.9 Å². The van der Waals surface area contributed by atoms with Crippen LogP contribution in [0.4, 0.5) is 14.5 Å². The SMILES string of the molecule is Cc1ccc(NC(=O)CCc2ncc(-c3c(F)cccc3F)o2)cc1C. The third-order valence-electron chi connectivity index (χ3n) is 4.12. The Bertz CT molecular complexity index is 930. The van der Waals surface area contributed by atoms with Gasteiger partial charge in [-0.1, -0.05) is 12.1 Å². The summed E-state index contributed by atoms with van der Waals surface area (Å²) in [6.07, 6.45) is 1.64. The largest absolute Gasteiger partial charge is 0.441 e. The van der Waals surface area contributed by atoms with Gasteiger partial charge in [-0.25, -0.2) is 13.8 Å². The molecule has 1 amide bonds. The van der Waals surface area contributed by atoms with Gasteiger partial charge < -0.3 is 9.73 Å². The Hall–Kier alpha value is -3.02. The summed E-state index contributed by atoms with van der Waals surface area (Å²) < 4.78 is 32.9. The maximum absolute atomic E-state index is 13.8. The van der Waals surface area contributed by atoms with Crippen molar-refractivity contribution < 1.29 is 18.0 Å². The minimum Gasteiger partial charge on any atom is -0.441 e. The Kier molecular flexibility index (Phi) is 5.11. The van der Waals surface area contributed by atoms with E-state index in [0.29, 0.717) is 0 Å². The highest BCUT2D eigenvalue weighted by Crippen LogP contribution is 2.26. The van der Waals surface area contributed by atoms with Crippen molar-refractivity contribution in [2.75, 3.05) is 5.32 Å². The van der Waals surface area contributed by atoms with Gasteiger partial charge in [0.05, 0.1) is 11.8 Å². The molecule has 0 fully saturated rings. The second-order valence-electron chi connectivity index (χ2n) is 6.06. The Morgan fingerprint density at radius 2 is 1.85 bits per heavy atom. The van der Waals surface area contributed by atoms with Gasteiger partial charge in [-0.3, -0.25) is 4.79 Å². The van der Waals surface area contributed by atoms with Crippen LogP contribution >= 0.6 is 0 Å². The number of oxazole rings is 1. The number of carbonyl (C=O) groups excluding carboxylic acids is 1. The van der Waals surface area contributed by atoms with Gasteiger partial charge in [0.15, 0.2) is 11.7 Å². The summed E-state index contributed by atoms with van der Waals surface area (Å²) in [6, 6.07) is 9.26. The van der Waals surface area contributed by atoms with Crippen molar-refractivity contribution in [3.05, 3.63) is 71.2 Å². The van der Waals surface area contributed by atoms with E-state index in [1.54, 1.807) is 0 Å². The molecule has 0 radical (unpaired) electrons. The maximum Gasteiger partial charge on any atom is 0.224 e. The zero-order chi connectivity index (χ0) is 18.7. The van der Waals surface area contributed by atoms with Crippen LogP contribution in [0, 0.1) is 25.5 Å². The van der Waals surface area contributed by atoms with E-state index in [1.165, 1.54) is 12.3 Å². The Morgan fingerprint density at radius 3 is 2.54 bits per heavy atom. The molecule has 3 rings (SSSR count). The second-order valence-corrected chi connectivity index (χ2v) is 6.06. The summed E-state index contributed by atoms with van der Waals surface area (Å²) in [4.78, 5) is 16.1. The number of hydrogen-bond acceptors (Lipinski definition) is 3. The number of aryl methyl sites for hydroxylation is 3. The van der Waals surface area contributed by atoms with E-state index >= 15 is 0 Å². The molecule has 0 bridgehead atoms. The zero-order valence-corrected chi connectivity index (χ0v) is 14.5. The van der Waals surface area contributed by atoms with Crippen molar-refractivity contribution in [1.29, 1.82) is 0 Å². The molecule has 0 unspecified atom stereocenters. The Morgan fingerprint density at radius 1 is 1.12 bits per heavy atom. The molecular weight excluding hydrogens is 338 g/mol. The van der Waals surface area contributed by atoms with Crippen LogP contribution in [0.25, 0.3) is 11.3 Å². The molecule has 0 atom stereocenters. The molecule has 4 nitrogen and oxygen atoms in total. The van der Waals surface area contributed by atoms with Crippen LogP contribution in [-0.4, -0.2) is 10.9 Å². The van der Waals surface area contributed by atoms with Gasteiger partial charge in [0.25, 0.3) is 0 Å². The predicted octanol–water partition coefficient (Wildman–Crippen LogP) is 4.81. The average molecular weight is 356 g/mol. The number of benzene rings is 2. The number of rotatable bonds is 5. The van der Waals surface area contributed by atoms with Crippen LogP contribution in [0.2, 0.25) is 0 Å². The van der Waals surface area contributed by atoms with Gasteiger partial charge in [0.2, 0.25) is 5.91 Å². The minimum atomic E-state index is -0.722. The standard InChI is InChI=1S/C20H18F2N2O2/c1-12-6-7-14(10-13(12)2)24-18(25)8-9-19-23-11-17(26-19)20-15(21)4-3-5-16(20)22/h3-7,10-11H,8-9H2,1-2H3,(H,24,25). The first-order valence-corrected chi connectivity index (χ1v) is 8.20. The van der Waals surface area contributed by atoms with Crippen LogP contribution in [0.15, 0.2) is 47.0 Å². The molecule has 2 aromatic carbocycles. The molecule has 1 aromatic heterocycles. The van der Waals surface area contributed by atoms with E-state index < -0.39 is 11.6 Å². The molecule has 0 aliphatic heterocycles. The summed E-state index contributed by atoms with van der Waals surface area (Å²) >= 11 is 0. The van der Waals surface area contributed by atoms with Crippen LogP contribution < -0.4 is 5.32 Å². The van der Waals surface area contributed by atoms with Gasteiger partial charge in [-0.2, -0.15) is 0 Å². The highest BCUT2D eigenvalue weighted by atomic mass is 19.1. The molecule has 0 aliphatic carbocycles. The van der Waals surface area contributed by atoms with Gasteiger partial charge >= 0.3 is 0 Å². The first-order chi connectivity index (χ1) is 12.4. The highest BCUT2D eigenvalue weighted by Gasteiger charge is 2.16. The summed E-state index contributed by atoms with van der Waals surface area (Å²) in [5.41, 5.74) is 2.70. The first-order valence-electron chi connectivity index (χ1n) is 8.20. The van der Waals surface area contributed by atoms with E-state index in [2.05, 4.69) is 10.3 Å². The van der Waals surface area contributed by atoms with Gasteiger partial charge in [-0.15, -0.1) is 0 Å². The topological polar surface area (TPSA) is 55.1 Å². The lowest BCUT2D eigenvalue weighted by atomic mass is 10.1. The number of aromatic nitrogens is 1. The molecule has 134 valence electrons. The van der Waals surface area contributed by atoms with Crippen LogP contribution in [0.3, 0.4) is 0 Å². The van der Waals surface area contributed by atoms with Crippen molar-refractivity contribution >= 4 is 11.6 Å². The second kappa shape index (κ2) is 7.47. The monoisotopic (exact) mass is 356 g/mol. The Labute approximate surface area is 149 Å². The normalized spacial score (nSPS) is 10.8. The summed E-state index contributed by atoms with van der Waals surface area (Å²) in [5.74, 6) is -1.38. The lowest BCUT2D eigenvalue weighted by Crippen LogP contribution is -2.12. The van der Waals surface area contributed by atoms with Crippen LogP contribution in [-0.2, 0) is 11.2 Å². The third-order valence-corrected chi connectivity index (χ3v) is 4.12. The van der Waals surface area contributed by atoms with Crippen molar-refractivity contribution in [2.24, 2.45) is 0 Å². The van der Waals surface area contributed by atoms with Crippen molar-refractivity contribution in [2.45, 2.75) is 26.7 Å². The quantitative estimate of drug-likeness (QED) is 0.714. The van der Waals surface area contributed by atoms with Crippen LogP contribution in [0.5, 0.6) is 0 Å². The van der Waals surface area contributed by atoms with E-state index in [1.807, 2.05) is 32.0 Å². The molecular formula is C20H18F2N2O2. The molecule has 0 aliphatic rings. The lowest BCUT2D eigenvalue weighted by molar-refractivity contribution is -0.116. The molecule has 1 heterocycles. The minimum absolute atomic E-state index is 0.00478. The summed E-state index contributed by atoms with van der Waals surface area (Å²) in [7, 11) is 0. The maximum atomic E-state index is 13.8. The summed E-state index contributed by atoms with van der Waals surface area (Å²) in [5, 5.41) is 2.81.